The third-order valence-corrected chi connectivity index (χ3v) is 9.01. The standard InChI is InChI=1S/C27H35N3O2S/c1-22-4-3-16-30(22)19-13-23-5-7-24(8-6-23)25-9-11-27(12-10-25)33(31,32)21-20-29-17-14-26(28-2)15-18-29/h5-12,22,26H,3-4,13-21H2,1H3/t22-/m1/s1. The smallest absolute Gasteiger partial charge is 0.226 e. The molecule has 2 aliphatic heterocycles. The van der Waals surface area contributed by atoms with Gasteiger partial charge in [-0.2, -0.15) is 0 Å². The summed E-state index contributed by atoms with van der Waals surface area (Å²) in [4.78, 5) is 8.73. The molecule has 176 valence electrons. The summed E-state index contributed by atoms with van der Waals surface area (Å²) >= 11 is 0. The molecule has 2 heterocycles. The van der Waals surface area contributed by atoms with Crippen LogP contribution < -0.4 is 0 Å². The number of sulfone groups is 1. The highest BCUT2D eigenvalue weighted by Crippen LogP contribution is 2.24. The lowest BCUT2D eigenvalue weighted by molar-refractivity contribution is 0.235. The fourth-order valence-corrected chi connectivity index (χ4v) is 6.24. The fourth-order valence-electron chi connectivity index (χ4n) is 4.96. The Kier molecular flexibility index (Phi) is 7.85. The van der Waals surface area contributed by atoms with Crippen LogP contribution in [-0.4, -0.2) is 68.8 Å². The van der Waals surface area contributed by atoms with Crippen LogP contribution in [0, 0.1) is 6.57 Å². The molecule has 0 unspecified atom stereocenters. The number of rotatable bonds is 8. The zero-order chi connectivity index (χ0) is 23.3. The van der Waals surface area contributed by atoms with Gasteiger partial charge in [0.25, 0.3) is 0 Å². The van der Waals surface area contributed by atoms with E-state index in [0.717, 1.165) is 50.0 Å². The molecule has 2 fully saturated rings. The van der Waals surface area contributed by atoms with Crippen LogP contribution in [0.5, 0.6) is 0 Å². The number of piperidine rings is 1. The van der Waals surface area contributed by atoms with Gasteiger partial charge < -0.3 is 14.6 Å². The van der Waals surface area contributed by atoms with Gasteiger partial charge in [-0.15, -0.1) is 0 Å². The SMILES string of the molecule is [C-]#[N+]C1CCN(CCS(=O)(=O)c2ccc(-c3ccc(CCN4CCC[C@H]4C)cc3)cc2)CC1. The van der Waals surface area contributed by atoms with Gasteiger partial charge in [-0.05, 0) is 61.6 Å². The molecule has 2 aliphatic rings. The summed E-state index contributed by atoms with van der Waals surface area (Å²) in [5, 5.41) is 0. The predicted molar refractivity (Wildman–Crippen MR) is 134 cm³/mol. The van der Waals surface area contributed by atoms with E-state index < -0.39 is 9.84 Å². The van der Waals surface area contributed by atoms with E-state index in [1.807, 2.05) is 12.1 Å². The second-order valence-electron chi connectivity index (χ2n) is 9.52. The molecule has 0 saturated carbocycles. The van der Waals surface area contributed by atoms with Gasteiger partial charge in [0.2, 0.25) is 6.04 Å². The van der Waals surface area contributed by atoms with E-state index in [1.165, 1.54) is 24.9 Å². The fraction of sp³-hybridized carbons (Fsp3) is 0.519. The topological polar surface area (TPSA) is 45.0 Å². The number of hydrogen-bond acceptors (Lipinski definition) is 4. The molecule has 2 saturated heterocycles. The molecule has 5 nitrogen and oxygen atoms in total. The Morgan fingerprint density at radius 1 is 0.909 bits per heavy atom. The van der Waals surface area contributed by atoms with Crippen molar-refractivity contribution in [2.75, 3.05) is 38.5 Å². The number of hydrogen-bond donors (Lipinski definition) is 0. The van der Waals surface area contributed by atoms with E-state index in [4.69, 9.17) is 6.57 Å². The normalized spacial score (nSPS) is 20.7. The molecule has 1 atom stereocenters. The van der Waals surface area contributed by atoms with Crippen molar-refractivity contribution >= 4 is 9.84 Å². The summed E-state index contributed by atoms with van der Waals surface area (Å²) < 4.78 is 25.6. The molecule has 2 aromatic carbocycles. The monoisotopic (exact) mass is 465 g/mol. The van der Waals surface area contributed by atoms with Crippen LogP contribution >= 0.6 is 0 Å². The van der Waals surface area contributed by atoms with E-state index in [0.29, 0.717) is 17.5 Å². The van der Waals surface area contributed by atoms with Gasteiger partial charge in [-0.25, -0.2) is 15.0 Å². The Bertz CT molecular complexity index is 1050. The van der Waals surface area contributed by atoms with Crippen molar-refractivity contribution in [3.8, 4) is 11.1 Å². The Balaban J connectivity index is 1.31. The maximum absolute atomic E-state index is 12.8. The third-order valence-electron chi connectivity index (χ3n) is 7.29. The predicted octanol–water partition coefficient (Wildman–Crippen LogP) is 4.54. The summed E-state index contributed by atoms with van der Waals surface area (Å²) in [5.41, 5.74) is 3.49. The molecule has 0 amide bonds. The van der Waals surface area contributed by atoms with Crippen LogP contribution in [0.4, 0.5) is 0 Å². The first-order valence-corrected chi connectivity index (χ1v) is 13.8. The highest BCUT2D eigenvalue weighted by Gasteiger charge is 2.24. The van der Waals surface area contributed by atoms with Crippen LogP contribution in [-0.2, 0) is 16.3 Å². The largest absolute Gasteiger partial charge is 0.314 e. The van der Waals surface area contributed by atoms with Crippen molar-refractivity contribution in [3.05, 3.63) is 65.5 Å². The molecule has 6 heteroatoms. The quantitative estimate of drug-likeness (QED) is 0.537. The summed E-state index contributed by atoms with van der Waals surface area (Å²) in [7, 11) is -3.31. The molecular formula is C27H35N3O2S. The molecule has 0 radical (unpaired) electrons. The van der Waals surface area contributed by atoms with Crippen molar-refractivity contribution in [1.29, 1.82) is 0 Å². The minimum Gasteiger partial charge on any atom is -0.314 e. The minimum atomic E-state index is -3.31. The third kappa shape index (κ3) is 6.23. The molecule has 0 N–H and O–H groups in total. The first-order valence-electron chi connectivity index (χ1n) is 12.2. The second kappa shape index (κ2) is 10.8. The summed E-state index contributed by atoms with van der Waals surface area (Å²) in [5.74, 6) is 0.124. The molecule has 33 heavy (non-hydrogen) atoms. The van der Waals surface area contributed by atoms with Gasteiger partial charge in [-0.1, -0.05) is 36.4 Å². The summed E-state index contributed by atoms with van der Waals surface area (Å²) in [6.07, 6.45) is 5.38. The molecule has 0 aromatic heterocycles. The Hall–Kier alpha value is -2.20. The lowest BCUT2D eigenvalue weighted by Crippen LogP contribution is -2.37. The maximum Gasteiger partial charge on any atom is 0.226 e. The Morgan fingerprint density at radius 3 is 2.12 bits per heavy atom. The van der Waals surface area contributed by atoms with Crippen molar-refractivity contribution in [1.82, 2.24) is 9.80 Å². The van der Waals surface area contributed by atoms with Gasteiger partial charge in [0.1, 0.15) is 0 Å². The molecule has 2 aromatic rings. The van der Waals surface area contributed by atoms with Gasteiger partial charge in [0, 0.05) is 45.1 Å². The van der Waals surface area contributed by atoms with Crippen molar-refractivity contribution < 1.29 is 8.42 Å². The summed E-state index contributed by atoms with van der Waals surface area (Å²) in [6, 6.07) is 16.8. The zero-order valence-corrected chi connectivity index (χ0v) is 20.4. The number of benzene rings is 2. The van der Waals surface area contributed by atoms with Crippen LogP contribution in [0.3, 0.4) is 0 Å². The van der Waals surface area contributed by atoms with Gasteiger partial charge in [-0.3, -0.25) is 0 Å². The molecule has 0 aliphatic carbocycles. The van der Waals surface area contributed by atoms with Crippen LogP contribution in [0.25, 0.3) is 16.0 Å². The van der Waals surface area contributed by atoms with Crippen LogP contribution in [0.1, 0.15) is 38.2 Å². The van der Waals surface area contributed by atoms with E-state index >= 15 is 0 Å². The second-order valence-corrected chi connectivity index (χ2v) is 11.6. The van der Waals surface area contributed by atoms with E-state index in [2.05, 4.69) is 45.8 Å². The molecular weight excluding hydrogens is 430 g/mol. The highest BCUT2D eigenvalue weighted by molar-refractivity contribution is 7.91. The first-order chi connectivity index (χ1) is 15.9. The van der Waals surface area contributed by atoms with Gasteiger partial charge in [0.15, 0.2) is 9.84 Å². The average molecular weight is 466 g/mol. The minimum absolute atomic E-state index is 0.105. The highest BCUT2D eigenvalue weighted by atomic mass is 32.2. The lowest BCUT2D eigenvalue weighted by Gasteiger charge is -2.26. The maximum atomic E-state index is 12.8. The lowest BCUT2D eigenvalue weighted by atomic mass is 10.0. The van der Waals surface area contributed by atoms with Crippen LogP contribution in [0.2, 0.25) is 0 Å². The zero-order valence-electron chi connectivity index (χ0n) is 19.6. The number of nitrogens with zero attached hydrogens (tertiary/aromatic N) is 3. The summed E-state index contributed by atoms with van der Waals surface area (Å²) in [6.45, 7) is 13.9. The van der Waals surface area contributed by atoms with Crippen molar-refractivity contribution in [2.24, 2.45) is 0 Å². The van der Waals surface area contributed by atoms with Crippen molar-refractivity contribution in [2.45, 2.75) is 56.0 Å². The van der Waals surface area contributed by atoms with Gasteiger partial charge >= 0.3 is 0 Å². The van der Waals surface area contributed by atoms with E-state index in [9.17, 15) is 8.42 Å². The average Bonchev–Trinajstić information content (AvgIpc) is 3.27. The Morgan fingerprint density at radius 2 is 1.55 bits per heavy atom. The molecule has 0 bridgehead atoms. The van der Waals surface area contributed by atoms with Gasteiger partial charge in [0.05, 0.1) is 10.6 Å². The van der Waals surface area contributed by atoms with E-state index in [1.54, 1.807) is 12.1 Å². The molecule has 4 rings (SSSR count). The number of likely N-dealkylation sites (tertiary alicyclic amines) is 2. The molecule has 0 spiro atoms. The first kappa shape index (κ1) is 23.9. The Labute approximate surface area is 199 Å². The van der Waals surface area contributed by atoms with Crippen molar-refractivity contribution in [3.63, 3.8) is 0 Å². The van der Waals surface area contributed by atoms with E-state index in [-0.39, 0.29) is 11.8 Å². The van der Waals surface area contributed by atoms with Crippen LogP contribution in [0.15, 0.2) is 53.4 Å².